The molecule has 0 spiro atoms. The van der Waals surface area contributed by atoms with Crippen molar-refractivity contribution in [2.24, 2.45) is 28.1 Å². The zero-order valence-electron chi connectivity index (χ0n) is 11.8. The number of oxime groups is 1. The van der Waals surface area contributed by atoms with Gasteiger partial charge in [0.05, 0.1) is 0 Å². The number of rotatable bonds is 6. The van der Waals surface area contributed by atoms with E-state index in [0.29, 0.717) is 24.7 Å². The van der Waals surface area contributed by atoms with Crippen molar-refractivity contribution >= 4 is 11.7 Å². The summed E-state index contributed by atoms with van der Waals surface area (Å²) < 4.78 is 0. The molecular formula is C13H25N3O2. The molecule has 104 valence electrons. The third-order valence-corrected chi connectivity index (χ3v) is 3.22. The van der Waals surface area contributed by atoms with Gasteiger partial charge in [-0.2, -0.15) is 0 Å². The lowest BCUT2D eigenvalue weighted by Crippen LogP contribution is -2.46. The van der Waals surface area contributed by atoms with Gasteiger partial charge in [-0.25, -0.2) is 0 Å². The van der Waals surface area contributed by atoms with E-state index in [0.717, 1.165) is 13.1 Å². The Morgan fingerprint density at radius 1 is 1.28 bits per heavy atom. The summed E-state index contributed by atoms with van der Waals surface area (Å²) in [6.45, 7) is 9.79. The zero-order valence-corrected chi connectivity index (χ0v) is 11.8. The normalized spacial score (nSPS) is 18.2. The summed E-state index contributed by atoms with van der Waals surface area (Å²) in [7, 11) is 0. The van der Waals surface area contributed by atoms with Gasteiger partial charge in [-0.3, -0.25) is 4.79 Å². The fourth-order valence-electron chi connectivity index (χ4n) is 2.22. The van der Waals surface area contributed by atoms with Crippen molar-refractivity contribution in [3.63, 3.8) is 0 Å². The molecule has 0 aromatic heterocycles. The second-order valence-electron chi connectivity index (χ2n) is 6.07. The van der Waals surface area contributed by atoms with Crippen LogP contribution in [0.25, 0.3) is 0 Å². The maximum atomic E-state index is 12.6. The molecule has 0 radical (unpaired) electrons. The lowest BCUT2D eigenvalue weighted by Gasteiger charge is -2.29. The first-order valence-electron chi connectivity index (χ1n) is 6.61. The van der Waals surface area contributed by atoms with E-state index in [1.807, 2.05) is 4.90 Å². The fourth-order valence-corrected chi connectivity index (χ4v) is 2.22. The maximum Gasteiger partial charge on any atom is 0.236 e. The summed E-state index contributed by atoms with van der Waals surface area (Å²) in [6, 6.07) is 0. The molecule has 0 aromatic carbocycles. The molecule has 1 amide bonds. The van der Waals surface area contributed by atoms with Crippen LogP contribution in [0, 0.1) is 17.3 Å². The van der Waals surface area contributed by atoms with Crippen LogP contribution in [0.5, 0.6) is 0 Å². The molecule has 3 N–H and O–H groups in total. The first-order chi connectivity index (χ1) is 8.33. The van der Waals surface area contributed by atoms with Crippen LogP contribution in [0.1, 0.15) is 40.5 Å². The Bertz CT molecular complexity index is 323. The molecule has 1 saturated carbocycles. The largest absolute Gasteiger partial charge is 0.409 e. The SMILES string of the molecule is CC(C)CN(CC(C)C)C(=O)C1(C(N)=NO)CC1. The highest BCUT2D eigenvalue weighted by Crippen LogP contribution is 2.47. The zero-order chi connectivity index (χ0) is 13.9. The van der Waals surface area contributed by atoms with Crippen LogP contribution in [-0.2, 0) is 4.79 Å². The minimum Gasteiger partial charge on any atom is -0.409 e. The molecule has 1 aliphatic carbocycles. The molecular weight excluding hydrogens is 230 g/mol. The highest BCUT2D eigenvalue weighted by Gasteiger charge is 2.55. The van der Waals surface area contributed by atoms with Crippen molar-refractivity contribution in [2.75, 3.05) is 13.1 Å². The Labute approximate surface area is 109 Å². The molecule has 0 aliphatic heterocycles. The summed E-state index contributed by atoms with van der Waals surface area (Å²) in [6.07, 6.45) is 1.38. The first-order valence-corrected chi connectivity index (χ1v) is 6.61. The highest BCUT2D eigenvalue weighted by atomic mass is 16.4. The van der Waals surface area contributed by atoms with E-state index >= 15 is 0 Å². The predicted octanol–water partition coefficient (Wildman–Crippen LogP) is 1.65. The molecule has 1 rings (SSSR count). The summed E-state index contributed by atoms with van der Waals surface area (Å²) >= 11 is 0. The smallest absolute Gasteiger partial charge is 0.236 e. The fraction of sp³-hybridized carbons (Fsp3) is 0.846. The first kappa shape index (κ1) is 14.8. The van der Waals surface area contributed by atoms with E-state index < -0.39 is 5.41 Å². The number of nitrogens with two attached hydrogens (primary N) is 1. The van der Waals surface area contributed by atoms with E-state index in [4.69, 9.17) is 10.9 Å². The van der Waals surface area contributed by atoms with E-state index in [1.54, 1.807) is 0 Å². The Balaban J connectivity index is 2.82. The average Bonchev–Trinajstić information content (AvgIpc) is 3.06. The van der Waals surface area contributed by atoms with E-state index in [-0.39, 0.29) is 11.7 Å². The van der Waals surface area contributed by atoms with Crippen LogP contribution in [0.2, 0.25) is 0 Å². The lowest BCUT2D eigenvalue weighted by molar-refractivity contribution is -0.135. The summed E-state index contributed by atoms with van der Waals surface area (Å²) in [5.74, 6) is 0.900. The highest BCUT2D eigenvalue weighted by molar-refractivity contribution is 6.09. The Morgan fingerprint density at radius 2 is 1.72 bits per heavy atom. The number of carbonyl (C=O) groups excluding carboxylic acids is 1. The number of nitrogens with zero attached hydrogens (tertiary/aromatic N) is 2. The van der Waals surface area contributed by atoms with Crippen LogP contribution in [0.3, 0.4) is 0 Å². The molecule has 0 heterocycles. The van der Waals surface area contributed by atoms with Crippen LogP contribution in [0.15, 0.2) is 5.16 Å². The van der Waals surface area contributed by atoms with Gasteiger partial charge in [0.15, 0.2) is 5.84 Å². The van der Waals surface area contributed by atoms with Gasteiger partial charge in [-0.1, -0.05) is 32.9 Å². The minimum atomic E-state index is -0.724. The maximum absolute atomic E-state index is 12.6. The van der Waals surface area contributed by atoms with Crippen molar-refractivity contribution < 1.29 is 10.0 Å². The molecule has 18 heavy (non-hydrogen) atoms. The average molecular weight is 255 g/mol. The third-order valence-electron chi connectivity index (χ3n) is 3.22. The molecule has 5 heteroatoms. The van der Waals surface area contributed by atoms with Crippen molar-refractivity contribution in [1.29, 1.82) is 0 Å². The van der Waals surface area contributed by atoms with Crippen LogP contribution >= 0.6 is 0 Å². The predicted molar refractivity (Wildman–Crippen MR) is 71.3 cm³/mol. The van der Waals surface area contributed by atoms with Gasteiger partial charge in [0.2, 0.25) is 5.91 Å². The van der Waals surface area contributed by atoms with Crippen molar-refractivity contribution in [3.05, 3.63) is 0 Å². The van der Waals surface area contributed by atoms with Gasteiger partial charge in [0, 0.05) is 13.1 Å². The molecule has 0 atom stereocenters. The molecule has 5 nitrogen and oxygen atoms in total. The molecule has 1 fully saturated rings. The molecule has 0 saturated heterocycles. The van der Waals surface area contributed by atoms with Crippen LogP contribution in [0.4, 0.5) is 0 Å². The van der Waals surface area contributed by atoms with E-state index in [1.165, 1.54) is 0 Å². The second-order valence-corrected chi connectivity index (χ2v) is 6.07. The molecule has 0 unspecified atom stereocenters. The van der Waals surface area contributed by atoms with Crippen molar-refractivity contribution in [1.82, 2.24) is 4.90 Å². The standard InChI is InChI=1S/C13H25N3O2/c1-9(2)7-16(8-10(3)4)12(17)13(5-6-13)11(14)15-18/h9-10,18H,5-8H2,1-4H3,(H2,14,15). The summed E-state index contributed by atoms with van der Waals surface area (Å²) in [4.78, 5) is 14.4. The summed E-state index contributed by atoms with van der Waals surface area (Å²) in [5, 5.41) is 11.8. The number of hydrogen-bond acceptors (Lipinski definition) is 3. The van der Waals surface area contributed by atoms with Gasteiger partial charge in [0.25, 0.3) is 0 Å². The number of hydrogen-bond donors (Lipinski definition) is 2. The Hall–Kier alpha value is -1.26. The monoisotopic (exact) mass is 255 g/mol. The summed E-state index contributed by atoms with van der Waals surface area (Å²) in [5.41, 5.74) is 4.94. The third kappa shape index (κ3) is 3.15. The van der Waals surface area contributed by atoms with Gasteiger partial charge in [-0.05, 0) is 24.7 Å². The quantitative estimate of drug-likeness (QED) is 0.328. The van der Waals surface area contributed by atoms with Crippen LogP contribution < -0.4 is 5.73 Å². The number of amidine groups is 1. The van der Waals surface area contributed by atoms with Gasteiger partial charge >= 0.3 is 0 Å². The second kappa shape index (κ2) is 5.59. The molecule has 1 aliphatic rings. The van der Waals surface area contributed by atoms with Gasteiger partial charge < -0.3 is 15.8 Å². The van der Waals surface area contributed by atoms with Crippen molar-refractivity contribution in [3.8, 4) is 0 Å². The van der Waals surface area contributed by atoms with Gasteiger partial charge in [0.1, 0.15) is 5.41 Å². The Kier molecular flexibility index (Phi) is 4.59. The minimum absolute atomic E-state index is 0.0141. The molecule has 0 aromatic rings. The lowest BCUT2D eigenvalue weighted by atomic mass is 10.0. The van der Waals surface area contributed by atoms with Crippen LogP contribution in [-0.4, -0.2) is 34.9 Å². The van der Waals surface area contributed by atoms with Crippen molar-refractivity contribution in [2.45, 2.75) is 40.5 Å². The van der Waals surface area contributed by atoms with E-state index in [9.17, 15) is 4.79 Å². The number of carbonyl (C=O) groups is 1. The topological polar surface area (TPSA) is 78.9 Å². The van der Waals surface area contributed by atoms with Gasteiger partial charge in [-0.15, -0.1) is 0 Å². The Morgan fingerprint density at radius 3 is 2.00 bits per heavy atom. The molecule has 0 bridgehead atoms. The van der Waals surface area contributed by atoms with E-state index in [2.05, 4.69) is 32.9 Å². The number of amides is 1.